The Balaban J connectivity index is 3.34. The van der Waals surface area contributed by atoms with E-state index < -0.39 is 0 Å². The molecular formula is C7H6Cl2O. The van der Waals surface area contributed by atoms with Gasteiger partial charge in [-0.1, -0.05) is 23.2 Å². The Bertz CT molecular complexity index is 231. The van der Waals surface area contributed by atoms with E-state index in [2.05, 4.69) is 0 Å². The molecule has 0 aromatic heterocycles. The predicted molar refractivity (Wildman–Crippen MR) is 42.9 cm³/mol. The maximum atomic E-state index is 9.08. The van der Waals surface area contributed by atoms with Gasteiger partial charge in [0.05, 0.1) is 10.0 Å². The molecule has 0 aliphatic heterocycles. The van der Waals surface area contributed by atoms with Crippen molar-refractivity contribution >= 4 is 23.2 Å². The number of aromatic hydroxyl groups is 1. The van der Waals surface area contributed by atoms with Gasteiger partial charge in [0, 0.05) is 5.56 Å². The van der Waals surface area contributed by atoms with Crippen LogP contribution in [-0.2, 0) is 0 Å². The van der Waals surface area contributed by atoms with Crippen LogP contribution in [-0.4, -0.2) is 5.11 Å². The highest BCUT2D eigenvalue weighted by atomic mass is 35.5. The van der Waals surface area contributed by atoms with Crippen molar-refractivity contribution in [3.05, 3.63) is 27.7 Å². The normalized spacial score (nSPS) is 9.90. The highest BCUT2D eigenvalue weighted by Gasteiger charge is 2.03. The van der Waals surface area contributed by atoms with Crippen LogP contribution in [0.25, 0.3) is 0 Å². The van der Waals surface area contributed by atoms with Gasteiger partial charge < -0.3 is 5.11 Å². The van der Waals surface area contributed by atoms with Gasteiger partial charge in [0.2, 0.25) is 0 Å². The Labute approximate surface area is 69.2 Å². The molecule has 0 amide bonds. The molecule has 1 N–H and O–H groups in total. The summed E-state index contributed by atoms with van der Waals surface area (Å²) in [6, 6.07) is 3.08. The third-order valence-corrected chi connectivity index (χ3v) is 2.21. The van der Waals surface area contributed by atoms with E-state index in [1.165, 1.54) is 6.07 Å². The number of phenols is 1. The first-order valence-electron chi connectivity index (χ1n) is 2.76. The molecule has 0 saturated heterocycles. The van der Waals surface area contributed by atoms with Crippen LogP contribution in [0.2, 0.25) is 10.0 Å². The molecule has 1 rings (SSSR count). The molecule has 0 unspecified atom stereocenters. The molecule has 0 spiro atoms. The Hall–Kier alpha value is -0.400. The SMILES string of the molecule is Cc1c(O)ccc(Cl)c1Cl. The molecule has 0 saturated carbocycles. The fourth-order valence-electron chi connectivity index (χ4n) is 0.642. The van der Waals surface area contributed by atoms with Gasteiger partial charge in [-0.05, 0) is 19.1 Å². The molecule has 1 nitrogen and oxygen atoms in total. The van der Waals surface area contributed by atoms with Gasteiger partial charge in [0.25, 0.3) is 0 Å². The smallest absolute Gasteiger partial charge is 0.120 e. The predicted octanol–water partition coefficient (Wildman–Crippen LogP) is 3.01. The van der Waals surface area contributed by atoms with E-state index in [-0.39, 0.29) is 5.75 Å². The van der Waals surface area contributed by atoms with Crippen molar-refractivity contribution in [3.63, 3.8) is 0 Å². The first kappa shape index (κ1) is 7.70. The van der Waals surface area contributed by atoms with Crippen LogP contribution in [0.5, 0.6) is 5.75 Å². The minimum Gasteiger partial charge on any atom is -0.508 e. The first-order valence-corrected chi connectivity index (χ1v) is 3.52. The Morgan fingerprint density at radius 2 is 1.90 bits per heavy atom. The second-order valence-electron chi connectivity index (χ2n) is 2.01. The average molecular weight is 177 g/mol. The Morgan fingerprint density at radius 1 is 1.30 bits per heavy atom. The lowest BCUT2D eigenvalue weighted by atomic mass is 10.2. The van der Waals surface area contributed by atoms with Crippen molar-refractivity contribution in [1.82, 2.24) is 0 Å². The zero-order valence-electron chi connectivity index (χ0n) is 5.36. The fraction of sp³-hybridized carbons (Fsp3) is 0.143. The van der Waals surface area contributed by atoms with E-state index >= 15 is 0 Å². The average Bonchev–Trinajstić information content (AvgIpc) is 1.93. The largest absolute Gasteiger partial charge is 0.508 e. The van der Waals surface area contributed by atoms with Gasteiger partial charge in [-0.3, -0.25) is 0 Å². The summed E-state index contributed by atoms with van der Waals surface area (Å²) in [5.74, 6) is 0.175. The summed E-state index contributed by atoms with van der Waals surface area (Å²) >= 11 is 11.3. The quantitative estimate of drug-likeness (QED) is 0.645. The summed E-state index contributed by atoms with van der Waals surface area (Å²) in [6.07, 6.45) is 0. The van der Waals surface area contributed by atoms with E-state index in [1.807, 2.05) is 0 Å². The van der Waals surface area contributed by atoms with E-state index in [0.717, 1.165) is 0 Å². The molecule has 0 aliphatic carbocycles. The summed E-state index contributed by atoms with van der Waals surface area (Å²) < 4.78 is 0. The summed E-state index contributed by atoms with van der Waals surface area (Å²) in [7, 11) is 0. The molecule has 54 valence electrons. The molecule has 0 bridgehead atoms. The lowest BCUT2D eigenvalue weighted by Gasteiger charge is -2.01. The number of benzene rings is 1. The van der Waals surface area contributed by atoms with Gasteiger partial charge in [0.1, 0.15) is 5.75 Å². The van der Waals surface area contributed by atoms with Crippen LogP contribution in [0.4, 0.5) is 0 Å². The van der Waals surface area contributed by atoms with Crippen LogP contribution < -0.4 is 0 Å². The summed E-state index contributed by atoms with van der Waals surface area (Å²) in [6.45, 7) is 1.71. The third kappa shape index (κ3) is 1.20. The Kier molecular flexibility index (Phi) is 2.07. The van der Waals surface area contributed by atoms with Crippen LogP contribution in [0.15, 0.2) is 12.1 Å². The molecule has 0 heterocycles. The summed E-state index contributed by atoms with van der Waals surface area (Å²) in [5.41, 5.74) is 0.620. The lowest BCUT2D eigenvalue weighted by molar-refractivity contribution is 0.471. The molecule has 1 aromatic rings. The van der Waals surface area contributed by atoms with Gasteiger partial charge in [-0.25, -0.2) is 0 Å². The van der Waals surface area contributed by atoms with Gasteiger partial charge in [-0.15, -0.1) is 0 Å². The van der Waals surface area contributed by atoms with E-state index in [4.69, 9.17) is 28.3 Å². The number of hydrogen-bond acceptors (Lipinski definition) is 1. The zero-order valence-corrected chi connectivity index (χ0v) is 6.87. The van der Waals surface area contributed by atoms with Crippen molar-refractivity contribution in [2.45, 2.75) is 6.92 Å². The summed E-state index contributed by atoms with van der Waals surface area (Å²) in [5, 5.41) is 9.97. The minimum atomic E-state index is 0.175. The molecule has 0 atom stereocenters. The van der Waals surface area contributed by atoms with Gasteiger partial charge in [-0.2, -0.15) is 0 Å². The van der Waals surface area contributed by atoms with Crippen LogP contribution in [0.1, 0.15) is 5.56 Å². The molecule has 1 aromatic carbocycles. The van der Waals surface area contributed by atoms with Gasteiger partial charge >= 0.3 is 0 Å². The summed E-state index contributed by atoms with van der Waals surface area (Å²) in [4.78, 5) is 0. The van der Waals surface area contributed by atoms with Crippen molar-refractivity contribution in [2.24, 2.45) is 0 Å². The molecule has 0 radical (unpaired) electrons. The van der Waals surface area contributed by atoms with Crippen LogP contribution >= 0.6 is 23.2 Å². The number of rotatable bonds is 0. The topological polar surface area (TPSA) is 20.2 Å². The molecular weight excluding hydrogens is 171 g/mol. The lowest BCUT2D eigenvalue weighted by Crippen LogP contribution is -1.76. The molecule has 3 heteroatoms. The maximum Gasteiger partial charge on any atom is 0.120 e. The second kappa shape index (κ2) is 2.69. The number of phenolic OH excluding ortho intramolecular Hbond substituents is 1. The van der Waals surface area contributed by atoms with Crippen molar-refractivity contribution in [2.75, 3.05) is 0 Å². The van der Waals surface area contributed by atoms with E-state index in [9.17, 15) is 0 Å². The van der Waals surface area contributed by atoms with Crippen molar-refractivity contribution in [3.8, 4) is 5.75 Å². The molecule has 0 aliphatic rings. The fourth-order valence-corrected chi connectivity index (χ4v) is 1.01. The zero-order chi connectivity index (χ0) is 7.72. The molecule has 0 fully saturated rings. The number of halogens is 2. The second-order valence-corrected chi connectivity index (χ2v) is 2.79. The van der Waals surface area contributed by atoms with E-state index in [1.54, 1.807) is 13.0 Å². The first-order chi connectivity index (χ1) is 4.63. The highest BCUT2D eigenvalue weighted by molar-refractivity contribution is 6.42. The van der Waals surface area contributed by atoms with E-state index in [0.29, 0.717) is 15.6 Å². The highest BCUT2D eigenvalue weighted by Crippen LogP contribution is 2.30. The molecule has 10 heavy (non-hydrogen) atoms. The maximum absolute atomic E-state index is 9.08. The van der Waals surface area contributed by atoms with Crippen LogP contribution in [0.3, 0.4) is 0 Å². The van der Waals surface area contributed by atoms with Crippen molar-refractivity contribution in [1.29, 1.82) is 0 Å². The third-order valence-electron chi connectivity index (χ3n) is 1.31. The minimum absolute atomic E-state index is 0.175. The Morgan fingerprint density at radius 3 is 2.40 bits per heavy atom. The monoisotopic (exact) mass is 176 g/mol. The van der Waals surface area contributed by atoms with Crippen LogP contribution in [0, 0.1) is 6.92 Å². The van der Waals surface area contributed by atoms with Gasteiger partial charge in [0.15, 0.2) is 0 Å². The number of hydrogen-bond donors (Lipinski definition) is 1. The van der Waals surface area contributed by atoms with Crippen molar-refractivity contribution < 1.29 is 5.11 Å². The standard InChI is InChI=1S/C7H6Cl2O/c1-4-6(10)3-2-5(8)7(4)9/h2-3,10H,1H3.